The van der Waals surface area contributed by atoms with E-state index in [0.717, 1.165) is 11.3 Å². The maximum atomic E-state index is 5.29. The van der Waals surface area contributed by atoms with Gasteiger partial charge in [-0.2, -0.15) is 12.6 Å². The van der Waals surface area contributed by atoms with Gasteiger partial charge in [0.15, 0.2) is 0 Å². The lowest BCUT2D eigenvalue weighted by molar-refractivity contribution is 0.367. The largest absolute Gasteiger partial charge is 0.481 e. The summed E-state index contributed by atoms with van der Waals surface area (Å²) in [4.78, 5) is 0. The van der Waals surface area contributed by atoms with Crippen LogP contribution in [0.5, 0.6) is 5.75 Å². The van der Waals surface area contributed by atoms with Gasteiger partial charge >= 0.3 is 0 Å². The topological polar surface area (TPSA) is 9.23 Å². The molecule has 12 heavy (non-hydrogen) atoms. The monoisotopic (exact) mass is 178 g/mol. The van der Waals surface area contributed by atoms with Crippen LogP contribution >= 0.6 is 12.6 Å². The Morgan fingerprint density at radius 1 is 1.42 bits per heavy atom. The zero-order valence-corrected chi connectivity index (χ0v) is 7.55. The second kappa shape index (κ2) is 4.74. The van der Waals surface area contributed by atoms with E-state index in [1.165, 1.54) is 0 Å². The number of rotatable bonds is 3. The summed E-state index contributed by atoms with van der Waals surface area (Å²) in [6, 6.07) is 7.73. The Morgan fingerprint density at radius 3 is 2.83 bits per heavy atom. The van der Waals surface area contributed by atoms with Crippen molar-refractivity contribution in [3.05, 3.63) is 29.8 Å². The predicted molar refractivity (Wildman–Crippen MR) is 53.5 cm³/mol. The average molecular weight is 178 g/mol. The third-order valence-corrected chi connectivity index (χ3v) is 1.79. The van der Waals surface area contributed by atoms with Gasteiger partial charge in [0.1, 0.15) is 12.4 Å². The molecule has 1 nitrogen and oxygen atoms in total. The summed E-state index contributed by atoms with van der Waals surface area (Å²) in [6.07, 6.45) is 5.07. The van der Waals surface area contributed by atoms with Crippen molar-refractivity contribution < 1.29 is 4.74 Å². The molecule has 0 bridgehead atoms. The van der Waals surface area contributed by atoms with Gasteiger partial charge in [0, 0.05) is 11.3 Å². The fourth-order valence-corrected chi connectivity index (χ4v) is 1.16. The summed E-state index contributed by atoms with van der Waals surface area (Å²) in [5.74, 6) is 3.91. The van der Waals surface area contributed by atoms with Crippen molar-refractivity contribution in [3.8, 4) is 18.1 Å². The number of hydrogen-bond donors (Lipinski definition) is 1. The Morgan fingerprint density at radius 2 is 2.17 bits per heavy atom. The first kappa shape index (κ1) is 9.02. The summed E-state index contributed by atoms with van der Waals surface area (Å²) in [5.41, 5.74) is 1.07. The molecular formula is C10H10OS. The third kappa shape index (κ3) is 2.21. The molecule has 0 amide bonds. The lowest BCUT2D eigenvalue weighted by Gasteiger charge is -2.06. The van der Waals surface area contributed by atoms with E-state index in [4.69, 9.17) is 11.2 Å². The van der Waals surface area contributed by atoms with Gasteiger partial charge in [-0.25, -0.2) is 0 Å². The Labute approximate surface area is 78.2 Å². The zero-order chi connectivity index (χ0) is 8.81. The molecule has 0 saturated heterocycles. The van der Waals surface area contributed by atoms with Gasteiger partial charge in [-0.15, -0.1) is 6.42 Å². The molecule has 0 unspecified atom stereocenters. The van der Waals surface area contributed by atoms with Gasteiger partial charge in [-0.1, -0.05) is 24.1 Å². The average Bonchev–Trinajstić information content (AvgIpc) is 2.15. The van der Waals surface area contributed by atoms with Gasteiger partial charge in [0.25, 0.3) is 0 Å². The molecule has 0 spiro atoms. The molecule has 1 aromatic carbocycles. The number of hydrogen-bond acceptors (Lipinski definition) is 2. The van der Waals surface area contributed by atoms with Crippen LogP contribution < -0.4 is 4.74 Å². The molecule has 0 radical (unpaired) electrons. The quantitative estimate of drug-likeness (QED) is 0.551. The highest BCUT2D eigenvalue weighted by atomic mass is 32.1. The van der Waals surface area contributed by atoms with E-state index in [1.807, 2.05) is 24.3 Å². The van der Waals surface area contributed by atoms with Crippen molar-refractivity contribution in [1.82, 2.24) is 0 Å². The summed E-state index contributed by atoms with van der Waals surface area (Å²) in [5, 5.41) is 0. The SMILES string of the molecule is C#CCOc1ccccc1CS. The highest BCUT2D eigenvalue weighted by Gasteiger charge is 1.98. The molecule has 2 heteroatoms. The summed E-state index contributed by atoms with van der Waals surface area (Å²) in [7, 11) is 0. The first-order valence-electron chi connectivity index (χ1n) is 3.63. The Balaban J connectivity index is 2.76. The van der Waals surface area contributed by atoms with Gasteiger partial charge in [-0.3, -0.25) is 0 Å². The molecule has 0 aliphatic heterocycles. The van der Waals surface area contributed by atoms with E-state index >= 15 is 0 Å². The van der Waals surface area contributed by atoms with Crippen LogP contribution in [0.1, 0.15) is 5.56 Å². The second-order valence-electron chi connectivity index (χ2n) is 2.26. The van der Waals surface area contributed by atoms with Crippen molar-refractivity contribution >= 4 is 12.6 Å². The van der Waals surface area contributed by atoms with E-state index in [0.29, 0.717) is 12.4 Å². The fraction of sp³-hybridized carbons (Fsp3) is 0.200. The van der Waals surface area contributed by atoms with Crippen LogP contribution in [0.4, 0.5) is 0 Å². The van der Waals surface area contributed by atoms with Crippen LogP contribution in [-0.4, -0.2) is 6.61 Å². The summed E-state index contributed by atoms with van der Waals surface area (Å²) < 4.78 is 5.29. The summed E-state index contributed by atoms with van der Waals surface area (Å²) >= 11 is 4.17. The fourth-order valence-electron chi connectivity index (χ4n) is 0.895. The molecule has 1 aromatic rings. The maximum Gasteiger partial charge on any atom is 0.148 e. The standard InChI is InChI=1S/C10H10OS/c1-2-7-11-10-6-4-3-5-9(10)8-12/h1,3-6,12H,7-8H2. The number of ether oxygens (including phenoxy) is 1. The second-order valence-corrected chi connectivity index (χ2v) is 2.57. The molecular weight excluding hydrogens is 168 g/mol. The molecule has 0 heterocycles. The van der Waals surface area contributed by atoms with Gasteiger partial charge in [0.05, 0.1) is 0 Å². The zero-order valence-electron chi connectivity index (χ0n) is 6.66. The van der Waals surface area contributed by atoms with E-state index in [1.54, 1.807) is 0 Å². The Bertz CT molecular complexity index is 288. The van der Waals surface area contributed by atoms with E-state index < -0.39 is 0 Å². The van der Waals surface area contributed by atoms with Crippen molar-refractivity contribution in [3.63, 3.8) is 0 Å². The minimum absolute atomic E-state index is 0.310. The molecule has 0 N–H and O–H groups in total. The number of terminal acetylenes is 1. The highest BCUT2D eigenvalue weighted by molar-refractivity contribution is 7.79. The van der Waals surface area contributed by atoms with Gasteiger partial charge < -0.3 is 4.74 Å². The Kier molecular flexibility index (Phi) is 3.56. The minimum atomic E-state index is 0.310. The van der Waals surface area contributed by atoms with E-state index in [2.05, 4.69) is 18.5 Å². The predicted octanol–water partition coefficient (Wildman–Crippen LogP) is 2.13. The Hall–Kier alpha value is -1.07. The van der Waals surface area contributed by atoms with Crippen molar-refractivity contribution in [2.45, 2.75) is 5.75 Å². The molecule has 0 aliphatic carbocycles. The number of thiol groups is 1. The third-order valence-electron chi connectivity index (χ3n) is 1.45. The lowest BCUT2D eigenvalue weighted by atomic mass is 10.2. The van der Waals surface area contributed by atoms with Crippen LogP contribution in [0.15, 0.2) is 24.3 Å². The van der Waals surface area contributed by atoms with Crippen LogP contribution in [-0.2, 0) is 5.75 Å². The van der Waals surface area contributed by atoms with Crippen molar-refractivity contribution in [1.29, 1.82) is 0 Å². The molecule has 62 valence electrons. The van der Waals surface area contributed by atoms with Crippen LogP contribution in [0.3, 0.4) is 0 Å². The number of para-hydroxylation sites is 1. The van der Waals surface area contributed by atoms with Crippen LogP contribution in [0, 0.1) is 12.3 Å². The highest BCUT2D eigenvalue weighted by Crippen LogP contribution is 2.18. The van der Waals surface area contributed by atoms with Gasteiger partial charge in [-0.05, 0) is 6.07 Å². The van der Waals surface area contributed by atoms with Crippen LogP contribution in [0.25, 0.3) is 0 Å². The van der Waals surface area contributed by atoms with E-state index in [-0.39, 0.29) is 0 Å². The summed E-state index contributed by atoms with van der Waals surface area (Å²) in [6.45, 7) is 0.310. The lowest BCUT2D eigenvalue weighted by Crippen LogP contribution is -1.96. The number of benzene rings is 1. The molecule has 0 aromatic heterocycles. The van der Waals surface area contributed by atoms with Crippen molar-refractivity contribution in [2.75, 3.05) is 6.61 Å². The molecule has 0 aliphatic rings. The molecule has 0 atom stereocenters. The molecule has 0 saturated carbocycles. The first-order valence-corrected chi connectivity index (χ1v) is 4.26. The molecule has 0 fully saturated rings. The first-order chi connectivity index (χ1) is 5.88. The smallest absolute Gasteiger partial charge is 0.148 e. The van der Waals surface area contributed by atoms with E-state index in [9.17, 15) is 0 Å². The van der Waals surface area contributed by atoms with Crippen LogP contribution in [0.2, 0.25) is 0 Å². The maximum absolute atomic E-state index is 5.29. The van der Waals surface area contributed by atoms with Gasteiger partial charge in [0.2, 0.25) is 0 Å². The van der Waals surface area contributed by atoms with Crippen molar-refractivity contribution in [2.24, 2.45) is 0 Å². The molecule has 1 rings (SSSR count). The minimum Gasteiger partial charge on any atom is -0.481 e. The normalized spacial score (nSPS) is 9.00.